The van der Waals surface area contributed by atoms with Gasteiger partial charge in [0.15, 0.2) is 0 Å². The molecule has 0 aliphatic carbocycles. The Hall–Kier alpha value is -0.620. The molecule has 0 bridgehead atoms. The van der Waals surface area contributed by atoms with Crippen molar-refractivity contribution in [3.05, 3.63) is 32.9 Å². The molecule has 1 aliphatic rings. The first-order chi connectivity index (χ1) is 9.13. The molecule has 2 rings (SSSR count). The Kier molecular flexibility index (Phi) is 5.21. The van der Waals surface area contributed by atoms with Crippen LogP contribution in [0.15, 0.2) is 18.2 Å². The van der Waals surface area contributed by atoms with Gasteiger partial charge in [0, 0.05) is 22.7 Å². The summed E-state index contributed by atoms with van der Waals surface area (Å²) >= 11 is 2.27. The molecule has 1 aromatic rings. The number of rotatable bonds is 4. The van der Waals surface area contributed by atoms with Crippen LogP contribution in [-0.2, 0) is 0 Å². The van der Waals surface area contributed by atoms with Crippen molar-refractivity contribution in [2.24, 2.45) is 0 Å². The summed E-state index contributed by atoms with van der Waals surface area (Å²) in [5.41, 5.74) is 2.00. The monoisotopic (exact) mass is 372 g/mol. The fourth-order valence-corrected chi connectivity index (χ4v) is 3.11. The standard InChI is InChI=1S/C15H21IN2O/c1-3-18(10-12-7-5-9-17-12)15(19)13-8-4-6-11(2)14(13)16/h4,6,8,12,17H,3,5,7,9-10H2,1-2H3. The molecular formula is C15H21IN2O. The van der Waals surface area contributed by atoms with Crippen LogP contribution in [0.1, 0.15) is 35.7 Å². The van der Waals surface area contributed by atoms with Crippen LogP contribution in [0.2, 0.25) is 0 Å². The van der Waals surface area contributed by atoms with Gasteiger partial charge in [-0.1, -0.05) is 12.1 Å². The average molecular weight is 372 g/mol. The van der Waals surface area contributed by atoms with Crippen molar-refractivity contribution < 1.29 is 4.79 Å². The number of carbonyl (C=O) groups is 1. The van der Waals surface area contributed by atoms with Crippen molar-refractivity contribution in [2.75, 3.05) is 19.6 Å². The summed E-state index contributed by atoms with van der Waals surface area (Å²) in [5.74, 6) is 0.157. The van der Waals surface area contributed by atoms with Gasteiger partial charge in [-0.15, -0.1) is 0 Å². The highest BCUT2D eigenvalue weighted by Crippen LogP contribution is 2.19. The van der Waals surface area contributed by atoms with Crippen LogP contribution in [0.25, 0.3) is 0 Å². The quantitative estimate of drug-likeness (QED) is 0.825. The molecule has 1 aromatic carbocycles. The van der Waals surface area contributed by atoms with Gasteiger partial charge in [-0.2, -0.15) is 0 Å². The van der Waals surface area contributed by atoms with Crippen LogP contribution in [-0.4, -0.2) is 36.5 Å². The fourth-order valence-electron chi connectivity index (χ4n) is 2.52. The third kappa shape index (κ3) is 3.48. The molecule has 1 fully saturated rings. The summed E-state index contributed by atoms with van der Waals surface area (Å²) in [5, 5.41) is 3.46. The van der Waals surface area contributed by atoms with Crippen molar-refractivity contribution in [2.45, 2.75) is 32.7 Å². The summed E-state index contributed by atoms with van der Waals surface area (Å²) in [4.78, 5) is 14.6. The molecule has 3 nitrogen and oxygen atoms in total. The lowest BCUT2D eigenvalue weighted by Crippen LogP contribution is -2.41. The van der Waals surface area contributed by atoms with E-state index in [1.807, 2.05) is 30.0 Å². The van der Waals surface area contributed by atoms with E-state index in [2.05, 4.69) is 34.8 Å². The van der Waals surface area contributed by atoms with Gasteiger partial charge in [-0.05, 0) is 67.5 Å². The molecule has 1 saturated heterocycles. The number of amides is 1. The van der Waals surface area contributed by atoms with Crippen LogP contribution in [0.3, 0.4) is 0 Å². The molecule has 0 spiro atoms. The van der Waals surface area contributed by atoms with Gasteiger partial charge in [-0.3, -0.25) is 4.79 Å². The Morgan fingerprint density at radius 1 is 1.53 bits per heavy atom. The van der Waals surface area contributed by atoms with Crippen molar-refractivity contribution in [3.8, 4) is 0 Å². The van der Waals surface area contributed by atoms with E-state index in [1.165, 1.54) is 18.4 Å². The second-order valence-electron chi connectivity index (χ2n) is 5.07. The lowest BCUT2D eigenvalue weighted by atomic mass is 10.1. The molecule has 1 amide bonds. The average Bonchev–Trinajstić information content (AvgIpc) is 2.91. The highest BCUT2D eigenvalue weighted by atomic mass is 127. The Bertz CT molecular complexity index is 455. The van der Waals surface area contributed by atoms with Crippen LogP contribution in [0.4, 0.5) is 0 Å². The molecule has 104 valence electrons. The maximum absolute atomic E-state index is 12.6. The molecule has 4 heteroatoms. The van der Waals surface area contributed by atoms with Gasteiger partial charge in [0.25, 0.3) is 5.91 Å². The summed E-state index contributed by atoms with van der Waals surface area (Å²) in [6.45, 7) is 6.77. The maximum Gasteiger partial charge on any atom is 0.254 e. The second kappa shape index (κ2) is 6.70. The van der Waals surface area contributed by atoms with E-state index in [0.717, 1.165) is 28.8 Å². The second-order valence-corrected chi connectivity index (χ2v) is 6.15. The molecular weight excluding hydrogens is 351 g/mol. The number of hydrogen-bond acceptors (Lipinski definition) is 2. The minimum Gasteiger partial charge on any atom is -0.337 e. The number of halogens is 1. The van der Waals surface area contributed by atoms with Gasteiger partial charge < -0.3 is 10.2 Å². The topological polar surface area (TPSA) is 32.3 Å². The fraction of sp³-hybridized carbons (Fsp3) is 0.533. The Balaban J connectivity index is 2.13. The smallest absolute Gasteiger partial charge is 0.254 e. The molecule has 0 aromatic heterocycles. The van der Waals surface area contributed by atoms with Gasteiger partial charge in [-0.25, -0.2) is 0 Å². The Morgan fingerprint density at radius 2 is 2.32 bits per heavy atom. The number of nitrogens with one attached hydrogen (secondary N) is 1. The first kappa shape index (κ1) is 14.8. The van der Waals surface area contributed by atoms with E-state index < -0.39 is 0 Å². The number of carbonyl (C=O) groups excluding carboxylic acids is 1. The first-order valence-corrected chi connectivity index (χ1v) is 7.99. The van der Waals surface area contributed by atoms with Gasteiger partial charge in [0.05, 0.1) is 5.56 Å². The van der Waals surface area contributed by atoms with Crippen molar-refractivity contribution in [1.29, 1.82) is 0 Å². The van der Waals surface area contributed by atoms with Crippen molar-refractivity contribution in [1.82, 2.24) is 10.2 Å². The van der Waals surface area contributed by atoms with Gasteiger partial charge >= 0.3 is 0 Å². The summed E-state index contributed by atoms with van der Waals surface area (Å²) in [6.07, 6.45) is 2.40. The van der Waals surface area contributed by atoms with Crippen LogP contribution < -0.4 is 5.32 Å². The van der Waals surface area contributed by atoms with Crippen LogP contribution in [0, 0.1) is 10.5 Å². The highest BCUT2D eigenvalue weighted by Gasteiger charge is 2.22. The van der Waals surface area contributed by atoms with Gasteiger partial charge in [0.1, 0.15) is 0 Å². The largest absolute Gasteiger partial charge is 0.337 e. The number of nitrogens with zero attached hydrogens (tertiary/aromatic N) is 1. The number of benzene rings is 1. The van der Waals surface area contributed by atoms with E-state index in [1.54, 1.807) is 0 Å². The predicted octanol–water partition coefficient (Wildman–Crippen LogP) is 2.81. The van der Waals surface area contributed by atoms with Gasteiger partial charge in [0.2, 0.25) is 0 Å². The molecule has 1 heterocycles. The van der Waals surface area contributed by atoms with E-state index in [9.17, 15) is 4.79 Å². The predicted molar refractivity (Wildman–Crippen MR) is 86.5 cm³/mol. The molecule has 0 saturated carbocycles. The van der Waals surface area contributed by atoms with Crippen molar-refractivity contribution >= 4 is 28.5 Å². The lowest BCUT2D eigenvalue weighted by molar-refractivity contribution is 0.0750. The molecule has 1 unspecified atom stereocenters. The van der Waals surface area contributed by atoms with E-state index in [4.69, 9.17) is 0 Å². The molecule has 0 radical (unpaired) electrons. The summed E-state index contributed by atoms with van der Waals surface area (Å²) in [7, 11) is 0. The minimum atomic E-state index is 0.157. The number of likely N-dealkylation sites (N-methyl/N-ethyl adjacent to an activating group) is 1. The third-order valence-corrected chi connectivity index (χ3v) is 5.13. The number of hydrogen-bond donors (Lipinski definition) is 1. The van der Waals surface area contributed by atoms with E-state index in [0.29, 0.717) is 6.04 Å². The molecule has 19 heavy (non-hydrogen) atoms. The molecule has 1 N–H and O–H groups in total. The lowest BCUT2D eigenvalue weighted by Gasteiger charge is -2.25. The Labute approximate surface area is 128 Å². The zero-order chi connectivity index (χ0) is 13.8. The third-order valence-electron chi connectivity index (χ3n) is 3.69. The SMILES string of the molecule is CCN(CC1CCCN1)C(=O)c1cccc(C)c1I. The molecule has 1 aliphatic heterocycles. The maximum atomic E-state index is 12.6. The van der Waals surface area contributed by atoms with Crippen LogP contribution in [0.5, 0.6) is 0 Å². The van der Waals surface area contributed by atoms with E-state index >= 15 is 0 Å². The normalized spacial score (nSPS) is 18.6. The van der Waals surface area contributed by atoms with E-state index in [-0.39, 0.29) is 5.91 Å². The summed E-state index contributed by atoms with van der Waals surface area (Å²) in [6, 6.07) is 6.41. The summed E-state index contributed by atoms with van der Waals surface area (Å²) < 4.78 is 1.07. The van der Waals surface area contributed by atoms with Crippen LogP contribution >= 0.6 is 22.6 Å². The Morgan fingerprint density at radius 3 is 2.95 bits per heavy atom. The number of aryl methyl sites for hydroxylation is 1. The zero-order valence-electron chi connectivity index (χ0n) is 11.6. The minimum absolute atomic E-state index is 0.157. The zero-order valence-corrected chi connectivity index (χ0v) is 13.7. The van der Waals surface area contributed by atoms with Crippen molar-refractivity contribution in [3.63, 3.8) is 0 Å². The highest BCUT2D eigenvalue weighted by molar-refractivity contribution is 14.1. The first-order valence-electron chi connectivity index (χ1n) is 6.91. The molecule has 1 atom stereocenters.